The van der Waals surface area contributed by atoms with E-state index in [4.69, 9.17) is 9.15 Å². The molecule has 210 valence electrons. The number of amides is 2. The lowest BCUT2D eigenvalue weighted by atomic mass is 10.1. The average molecular weight is 559 g/mol. The largest absolute Gasteiger partial charge is 0.497 e. The Balaban J connectivity index is 1.23. The van der Waals surface area contributed by atoms with Gasteiger partial charge in [0.05, 0.1) is 7.11 Å². The second-order valence-electron chi connectivity index (χ2n) is 9.94. The van der Waals surface area contributed by atoms with Crippen LogP contribution in [0.1, 0.15) is 20.8 Å². The first kappa shape index (κ1) is 26.8. The highest BCUT2D eigenvalue weighted by atomic mass is 16.5. The molecule has 2 amide bonds. The van der Waals surface area contributed by atoms with E-state index in [1.165, 1.54) is 0 Å². The molecule has 0 atom stereocenters. The van der Waals surface area contributed by atoms with Gasteiger partial charge >= 0.3 is 0 Å². The normalized spacial score (nSPS) is 13.1. The summed E-state index contributed by atoms with van der Waals surface area (Å²) in [6, 6.07) is 33.9. The number of nitrogens with zero attached hydrogens (tertiary/aromatic N) is 3. The number of carbonyl (C=O) groups is 2. The molecular formula is C34H30N4O4. The molecule has 0 radical (unpaired) electrons. The lowest BCUT2D eigenvalue weighted by Gasteiger charge is -2.35. The molecule has 0 saturated carbocycles. The van der Waals surface area contributed by atoms with E-state index in [0.29, 0.717) is 47.3 Å². The molecule has 1 N–H and O–H groups in total. The van der Waals surface area contributed by atoms with Crippen LogP contribution < -0.4 is 15.0 Å². The van der Waals surface area contributed by atoms with E-state index < -0.39 is 0 Å². The van der Waals surface area contributed by atoms with Gasteiger partial charge < -0.3 is 24.3 Å². The van der Waals surface area contributed by atoms with Gasteiger partial charge in [0.1, 0.15) is 5.75 Å². The first-order chi connectivity index (χ1) is 20.6. The lowest BCUT2D eigenvalue weighted by Crippen LogP contribution is -2.49. The van der Waals surface area contributed by atoms with E-state index in [1.807, 2.05) is 65.6 Å². The van der Waals surface area contributed by atoms with Crippen molar-refractivity contribution in [3.05, 3.63) is 120 Å². The predicted octanol–water partition coefficient (Wildman–Crippen LogP) is 6.23. The Morgan fingerprint density at radius 1 is 0.762 bits per heavy atom. The summed E-state index contributed by atoms with van der Waals surface area (Å²) in [5, 5.41) is 2.91. The Hall–Kier alpha value is -5.37. The first-order valence-electron chi connectivity index (χ1n) is 13.8. The minimum Gasteiger partial charge on any atom is -0.497 e. The van der Waals surface area contributed by atoms with Gasteiger partial charge in [0.15, 0.2) is 11.5 Å². The van der Waals surface area contributed by atoms with Crippen LogP contribution in [0.2, 0.25) is 0 Å². The van der Waals surface area contributed by atoms with E-state index in [2.05, 4.69) is 27.3 Å². The molecular weight excluding hydrogens is 528 g/mol. The van der Waals surface area contributed by atoms with Gasteiger partial charge in [-0.15, -0.1) is 0 Å². The summed E-state index contributed by atoms with van der Waals surface area (Å²) >= 11 is 0. The summed E-state index contributed by atoms with van der Waals surface area (Å²) < 4.78 is 11.4. The van der Waals surface area contributed by atoms with Crippen LogP contribution in [0.4, 0.5) is 11.4 Å². The molecule has 1 aliphatic rings. The number of para-hydroxylation sites is 1. The monoisotopic (exact) mass is 558 g/mol. The molecule has 42 heavy (non-hydrogen) atoms. The second kappa shape index (κ2) is 12.0. The molecule has 0 bridgehead atoms. The van der Waals surface area contributed by atoms with E-state index in [-0.39, 0.29) is 17.5 Å². The molecule has 1 aromatic heterocycles. The minimum absolute atomic E-state index is 0.166. The Morgan fingerprint density at radius 3 is 2.05 bits per heavy atom. The van der Waals surface area contributed by atoms with Crippen LogP contribution in [0, 0.1) is 0 Å². The number of rotatable bonds is 7. The van der Waals surface area contributed by atoms with Crippen molar-refractivity contribution >= 4 is 23.2 Å². The quantitative estimate of drug-likeness (QED) is 0.255. The van der Waals surface area contributed by atoms with Crippen LogP contribution in [0.25, 0.3) is 22.8 Å². The highest BCUT2D eigenvalue weighted by molar-refractivity contribution is 6.04. The molecule has 0 unspecified atom stereocenters. The van der Waals surface area contributed by atoms with E-state index >= 15 is 0 Å². The number of aromatic nitrogens is 1. The first-order valence-corrected chi connectivity index (χ1v) is 13.8. The van der Waals surface area contributed by atoms with Crippen LogP contribution in [-0.2, 0) is 0 Å². The third-order valence-electron chi connectivity index (χ3n) is 7.30. The van der Waals surface area contributed by atoms with Crippen molar-refractivity contribution in [2.75, 3.05) is 43.5 Å². The Bertz CT molecular complexity index is 1660. The number of hydrogen-bond donors (Lipinski definition) is 1. The lowest BCUT2D eigenvalue weighted by molar-refractivity contribution is 0.0741. The smallest absolute Gasteiger partial charge is 0.276 e. The highest BCUT2D eigenvalue weighted by Crippen LogP contribution is 2.32. The second-order valence-corrected chi connectivity index (χ2v) is 9.94. The average Bonchev–Trinajstić information content (AvgIpc) is 3.51. The van der Waals surface area contributed by atoms with Crippen molar-refractivity contribution < 1.29 is 18.7 Å². The van der Waals surface area contributed by atoms with Crippen LogP contribution in [0.15, 0.2) is 114 Å². The van der Waals surface area contributed by atoms with Crippen molar-refractivity contribution in [1.29, 1.82) is 0 Å². The van der Waals surface area contributed by atoms with Crippen molar-refractivity contribution in [2.45, 2.75) is 0 Å². The summed E-state index contributed by atoms with van der Waals surface area (Å²) in [6.45, 7) is 2.63. The topological polar surface area (TPSA) is 87.9 Å². The minimum atomic E-state index is -0.234. The SMILES string of the molecule is COc1ccc(C(=O)Nc2ccc(-c3oc(-c4ccccc4)nc3C(=O)N3CCN(c4ccccc4)CC3)cc2)cc1. The van der Waals surface area contributed by atoms with E-state index in [9.17, 15) is 9.59 Å². The molecule has 4 aromatic carbocycles. The van der Waals surface area contributed by atoms with Gasteiger partial charge in [-0.25, -0.2) is 4.98 Å². The maximum absolute atomic E-state index is 13.8. The zero-order valence-corrected chi connectivity index (χ0v) is 23.2. The molecule has 5 aromatic rings. The molecule has 1 fully saturated rings. The van der Waals surface area contributed by atoms with Crippen molar-refractivity contribution in [3.63, 3.8) is 0 Å². The fourth-order valence-corrected chi connectivity index (χ4v) is 4.97. The van der Waals surface area contributed by atoms with E-state index in [0.717, 1.165) is 24.3 Å². The van der Waals surface area contributed by atoms with Gasteiger partial charge in [-0.3, -0.25) is 9.59 Å². The van der Waals surface area contributed by atoms with Gasteiger partial charge in [-0.2, -0.15) is 0 Å². The number of ether oxygens (including phenoxy) is 1. The molecule has 6 rings (SSSR count). The number of benzene rings is 4. The van der Waals surface area contributed by atoms with Crippen LogP contribution in [0.5, 0.6) is 5.75 Å². The summed E-state index contributed by atoms with van der Waals surface area (Å²) in [6.07, 6.45) is 0. The number of nitrogens with one attached hydrogen (secondary N) is 1. The van der Waals surface area contributed by atoms with Crippen LogP contribution >= 0.6 is 0 Å². The Morgan fingerprint density at radius 2 is 1.40 bits per heavy atom. The molecule has 1 saturated heterocycles. The number of carbonyl (C=O) groups excluding carboxylic acids is 2. The summed E-state index contributed by atoms with van der Waals surface area (Å²) in [7, 11) is 1.58. The van der Waals surface area contributed by atoms with Crippen molar-refractivity contribution in [1.82, 2.24) is 9.88 Å². The van der Waals surface area contributed by atoms with Crippen LogP contribution in [0.3, 0.4) is 0 Å². The number of hydrogen-bond acceptors (Lipinski definition) is 6. The maximum atomic E-state index is 13.8. The highest BCUT2D eigenvalue weighted by Gasteiger charge is 2.29. The number of piperazine rings is 1. The number of oxazole rings is 1. The fraction of sp³-hybridized carbons (Fsp3) is 0.147. The molecule has 0 spiro atoms. The maximum Gasteiger partial charge on any atom is 0.276 e. The van der Waals surface area contributed by atoms with Crippen molar-refractivity contribution in [2.24, 2.45) is 0 Å². The summed E-state index contributed by atoms with van der Waals surface area (Å²) in [5.74, 6) is 1.06. The Labute approximate surface area is 244 Å². The number of anilines is 2. The summed E-state index contributed by atoms with van der Waals surface area (Å²) in [4.78, 5) is 35.3. The van der Waals surface area contributed by atoms with Crippen LogP contribution in [-0.4, -0.2) is 55.0 Å². The van der Waals surface area contributed by atoms with Gasteiger partial charge in [0, 0.05) is 54.2 Å². The molecule has 2 heterocycles. The molecule has 0 aliphatic carbocycles. The van der Waals surface area contributed by atoms with Gasteiger partial charge in [-0.1, -0.05) is 36.4 Å². The summed E-state index contributed by atoms with van der Waals surface area (Å²) in [5.41, 5.74) is 4.04. The van der Waals surface area contributed by atoms with Gasteiger partial charge in [0.25, 0.3) is 11.8 Å². The van der Waals surface area contributed by atoms with Gasteiger partial charge in [0.2, 0.25) is 5.89 Å². The van der Waals surface area contributed by atoms with Crippen molar-refractivity contribution in [3.8, 4) is 28.5 Å². The number of methoxy groups -OCH3 is 1. The molecule has 1 aliphatic heterocycles. The molecule has 8 heteroatoms. The zero-order chi connectivity index (χ0) is 28.9. The Kier molecular flexibility index (Phi) is 7.68. The predicted molar refractivity (Wildman–Crippen MR) is 163 cm³/mol. The fourth-order valence-electron chi connectivity index (χ4n) is 4.97. The van der Waals surface area contributed by atoms with E-state index in [1.54, 1.807) is 43.5 Å². The third-order valence-corrected chi connectivity index (χ3v) is 7.30. The zero-order valence-electron chi connectivity index (χ0n) is 23.2. The van der Waals surface area contributed by atoms with Gasteiger partial charge in [-0.05, 0) is 72.8 Å². The molecule has 8 nitrogen and oxygen atoms in total. The third kappa shape index (κ3) is 5.74. The standard InChI is InChI=1S/C34H30N4O4/c1-41-29-18-14-25(15-19-29)32(39)35-27-16-12-24(13-17-27)31-30(36-33(42-31)26-8-4-2-5-9-26)34(40)38-22-20-37(21-23-38)28-10-6-3-7-11-28/h2-19H,20-23H2,1H3,(H,35,39).